The van der Waals surface area contributed by atoms with E-state index in [1.807, 2.05) is 0 Å². The Kier molecular flexibility index (Phi) is 19.6. The van der Waals surface area contributed by atoms with Crippen LogP contribution < -0.4 is 0 Å². The molecular formula is C57H84N2O. The number of aryl methyl sites for hydroxylation is 2. The number of nitriles is 2. The molecule has 4 aliphatic carbocycles. The van der Waals surface area contributed by atoms with Gasteiger partial charge in [0, 0.05) is 24.7 Å². The summed E-state index contributed by atoms with van der Waals surface area (Å²) in [5.41, 5.74) is 5.82. The van der Waals surface area contributed by atoms with Crippen molar-refractivity contribution in [1.82, 2.24) is 0 Å². The number of nitrogens with zero attached hydrogens (tertiary/aromatic N) is 2. The summed E-state index contributed by atoms with van der Waals surface area (Å²) in [6.45, 7) is 4.61. The molecule has 0 amide bonds. The second-order valence-corrected chi connectivity index (χ2v) is 21.0. The van der Waals surface area contributed by atoms with Crippen LogP contribution in [-0.4, -0.2) is 5.78 Å². The Morgan fingerprint density at radius 3 is 1.18 bits per heavy atom. The van der Waals surface area contributed by atoms with Gasteiger partial charge < -0.3 is 0 Å². The first-order chi connectivity index (χ1) is 29.4. The number of unbranched alkanes of at least 4 members (excludes halogenated alkanes) is 2. The molecule has 0 aliphatic heterocycles. The van der Waals surface area contributed by atoms with Crippen molar-refractivity contribution < 1.29 is 4.79 Å². The van der Waals surface area contributed by atoms with Crippen LogP contribution in [0, 0.1) is 70.0 Å². The molecule has 0 spiro atoms. The molecule has 4 aliphatic rings. The SMILES string of the molecule is CCC[C@H]1CC[C@H](C(C#N)CC2CCC(c3ccc(CCCCC(=O)CCCCc4ccc(C5CCC(CC(C#N)[C@H]6CC[C@H](CCC)CC6)CC5)cc4)cc3)CC2)CC1. The topological polar surface area (TPSA) is 64.7 Å². The average molecular weight is 813 g/mol. The fourth-order valence-corrected chi connectivity index (χ4v) is 12.8. The summed E-state index contributed by atoms with van der Waals surface area (Å²) in [6, 6.07) is 24.4. The van der Waals surface area contributed by atoms with Crippen molar-refractivity contribution in [2.24, 2.45) is 47.3 Å². The monoisotopic (exact) mass is 813 g/mol. The van der Waals surface area contributed by atoms with E-state index in [4.69, 9.17) is 0 Å². The average Bonchev–Trinajstić information content (AvgIpc) is 3.29. The smallest absolute Gasteiger partial charge is 0.132 e. The first kappa shape index (κ1) is 46.6. The highest BCUT2D eigenvalue weighted by molar-refractivity contribution is 5.78. The first-order valence-electron chi connectivity index (χ1n) is 25.9. The highest BCUT2D eigenvalue weighted by Gasteiger charge is 2.33. The lowest BCUT2D eigenvalue weighted by molar-refractivity contribution is -0.119. The number of ketones is 1. The van der Waals surface area contributed by atoms with Crippen LogP contribution >= 0.6 is 0 Å². The van der Waals surface area contributed by atoms with E-state index >= 15 is 0 Å². The third-order valence-electron chi connectivity index (χ3n) is 16.8. The van der Waals surface area contributed by atoms with E-state index in [0.29, 0.717) is 29.5 Å². The molecule has 3 nitrogen and oxygen atoms in total. The molecule has 3 heteroatoms. The quantitative estimate of drug-likeness (QED) is 0.111. The summed E-state index contributed by atoms with van der Waals surface area (Å²) in [7, 11) is 0. The third-order valence-corrected chi connectivity index (χ3v) is 16.8. The highest BCUT2D eigenvalue weighted by atomic mass is 16.1. The molecular weight excluding hydrogens is 729 g/mol. The Morgan fingerprint density at radius 2 is 0.850 bits per heavy atom. The number of rotatable bonds is 22. The number of hydrogen-bond acceptors (Lipinski definition) is 3. The molecule has 0 N–H and O–H groups in total. The second-order valence-electron chi connectivity index (χ2n) is 21.0. The van der Waals surface area contributed by atoms with Crippen LogP contribution in [0.3, 0.4) is 0 Å². The van der Waals surface area contributed by atoms with Gasteiger partial charge in [-0.3, -0.25) is 4.79 Å². The van der Waals surface area contributed by atoms with Crippen molar-refractivity contribution in [1.29, 1.82) is 10.5 Å². The molecule has 4 saturated carbocycles. The Balaban J connectivity index is 0.784. The van der Waals surface area contributed by atoms with Crippen LogP contribution in [0.2, 0.25) is 0 Å². The van der Waals surface area contributed by atoms with Crippen LogP contribution in [0.25, 0.3) is 0 Å². The number of Topliss-reactive ketones (excluding diaryl/α,β-unsaturated/α-hetero) is 1. The number of benzene rings is 2. The van der Waals surface area contributed by atoms with Crippen molar-refractivity contribution in [3.05, 3.63) is 70.8 Å². The van der Waals surface area contributed by atoms with Gasteiger partial charge in [0.25, 0.3) is 0 Å². The van der Waals surface area contributed by atoms with E-state index in [9.17, 15) is 15.3 Å². The van der Waals surface area contributed by atoms with Crippen molar-refractivity contribution in [3.63, 3.8) is 0 Å². The van der Waals surface area contributed by atoms with Crippen molar-refractivity contribution in [2.45, 2.75) is 218 Å². The van der Waals surface area contributed by atoms with Gasteiger partial charge in [0.2, 0.25) is 0 Å². The van der Waals surface area contributed by atoms with Crippen molar-refractivity contribution in [2.75, 3.05) is 0 Å². The summed E-state index contributed by atoms with van der Waals surface area (Å²) < 4.78 is 0. The molecule has 2 atom stereocenters. The standard InChI is InChI=1S/C57H84N2O/c1-3-9-43-15-31-53(32-16-43)55(41-58)39-47-23-35-51(36-24-47)49-27-19-45(20-28-49)11-5-7-13-57(60)14-8-6-12-46-21-29-50(30-22-46)52-37-25-48(26-38-52)40-56(42-59)54-33-17-44(10-4-2)18-34-54/h19-22,27-30,43-44,47-48,51-56H,3-18,23-26,31-40H2,1-2H3/t43-,44-,47?,48?,51?,52?,53-,54-,55?,56?. The Bertz CT molecular complexity index is 1460. The van der Waals surface area contributed by atoms with E-state index in [0.717, 1.165) is 87.9 Å². The molecule has 0 saturated heterocycles. The summed E-state index contributed by atoms with van der Waals surface area (Å²) in [4.78, 5) is 12.7. The lowest BCUT2D eigenvalue weighted by Crippen LogP contribution is -2.24. The van der Waals surface area contributed by atoms with Crippen molar-refractivity contribution >= 4 is 5.78 Å². The van der Waals surface area contributed by atoms with Crippen LogP contribution in [0.15, 0.2) is 48.5 Å². The van der Waals surface area contributed by atoms with E-state index in [2.05, 4.69) is 74.5 Å². The first-order valence-corrected chi connectivity index (χ1v) is 25.9. The largest absolute Gasteiger partial charge is 0.300 e. The van der Waals surface area contributed by atoms with Gasteiger partial charge in [-0.1, -0.05) is 114 Å². The molecule has 0 aromatic heterocycles. The number of carbonyl (C=O) groups excluding carboxylic acids is 1. The van der Waals surface area contributed by atoms with Crippen LogP contribution in [-0.2, 0) is 17.6 Å². The van der Waals surface area contributed by atoms with E-state index in [1.54, 1.807) is 0 Å². The zero-order valence-electron chi connectivity index (χ0n) is 38.4. The van der Waals surface area contributed by atoms with Gasteiger partial charge in [0.1, 0.15) is 5.78 Å². The Morgan fingerprint density at radius 1 is 0.500 bits per heavy atom. The number of hydrogen-bond donors (Lipinski definition) is 0. The predicted octanol–water partition coefficient (Wildman–Crippen LogP) is 16.2. The molecule has 0 bridgehead atoms. The van der Waals surface area contributed by atoms with Gasteiger partial charge >= 0.3 is 0 Å². The fourth-order valence-electron chi connectivity index (χ4n) is 12.8. The maximum Gasteiger partial charge on any atom is 0.132 e. The van der Waals surface area contributed by atoms with Gasteiger partial charge in [-0.25, -0.2) is 0 Å². The van der Waals surface area contributed by atoms with Crippen LogP contribution in [0.5, 0.6) is 0 Å². The summed E-state index contributed by atoms with van der Waals surface area (Å²) in [5, 5.41) is 20.1. The zero-order chi connectivity index (χ0) is 41.9. The Labute approximate surface area is 368 Å². The zero-order valence-corrected chi connectivity index (χ0v) is 38.4. The van der Waals surface area contributed by atoms with E-state index in [-0.39, 0.29) is 11.8 Å². The normalized spacial score (nSPS) is 28.3. The molecule has 6 rings (SSSR count). The molecule has 0 heterocycles. The summed E-state index contributed by atoms with van der Waals surface area (Å²) in [5.74, 6) is 6.94. The number of carbonyl (C=O) groups is 1. The molecule has 2 aromatic rings. The lowest BCUT2D eigenvalue weighted by Gasteiger charge is -2.34. The second kappa shape index (κ2) is 25.3. The van der Waals surface area contributed by atoms with Crippen molar-refractivity contribution in [3.8, 4) is 12.1 Å². The van der Waals surface area contributed by atoms with E-state index in [1.165, 1.54) is 151 Å². The van der Waals surface area contributed by atoms with Gasteiger partial charge in [-0.05, 0) is 198 Å². The predicted molar refractivity (Wildman–Crippen MR) is 251 cm³/mol. The Hall–Kier alpha value is -2.91. The highest BCUT2D eigenvalue weighted by Crippen LogP contribution is 2.44. The van der Waals surface area contributed by atoms with Gasteiger partial charge in [0.15, 0.2) is 0 Å². The van der Waals surface area contributed by atoms with E-state index < -0.39 is 0 Å². The van der Waals surface area contributed by atoms with Crippen LogP contribution in [0.1, 0.15) is 228 Å². The molecule has 0 radical (unpaired) electrons. The maximum atomic E-state index is 12.7. The minimum Gasteiger partial charge on any atom is -0.300 e. The molecule has 60 heavy (non-hydrogen) atoms. The minimum atomic E-state index is 0.277. The maximum absolute atomic E-state index is 12.7. The van der Waals surface area contributed by atoms with Gasteiger partial charge in [0.05, 0.1) is 12.1 Å². The lowest BCUT2D eigenvalue weighted by atomic mass is 9.70. The molecule has 328 valence electrons. The molecule has 2 unspecified atom stereocenters. The molecule has 2 aromatic carbocycles. The van der Waals surface area contributed by atoms with Crippen LogP contribution in [0.4, 0.5) is 0 Å². The summed E-state index contributed by atoms with van der Waals surface area (Å²) >= 11 is 0. The fraction of sp³-hybridized carbons (Fsp3) is 0.737. The van der Waals surface area contributed by atoms with Gasteiger partial charge in [-0.2, -0.15) is 10.5 Å². The van der Waals surface area contributed by atoms with Gasteiger partial charge in [-0.15, -0.1) is 0 Å². The third kappa shape index (κ3) is 14.6. The minimum absolute atomic E-state index is 0.277. The molecule has 4 fully saturated rings. The summed E-state index contributed by atoms with van der Waals surface area (Å²) in [6.07, 6.45) is 36.1.